The Labute approximate surface area is 115 Å². The van der Waals surface area contributed by atoms with Gasteiger partial charge in [-0.1, -0.05) is 30.3 Å². The van der Waals surface area contributed by atoms with Gasteiger partial charge in [0.05, 0.1) is 13.5 Å². The summed E-state index contributed by atoms with van der Waals surface area (Å²) in [6.07, 6.45) is -1.38. The average molecular weight is 281 g/mol. The van der Waals surface area contributed by atoms with Gasteiger partial charge in [-0.05, 0) is 5.56 Å². The number of aliphatic carboxylic acids is 1. The first kappa shape index (κ1) is 15.5. The normalized spacial score (nSPS) is 11.2. The van der Waals surface area contributed by atoms with E-state index in [1.54, 1.807) is 24.3 Å². The molecule has 0 heterocycles. The Bertz CT molecular complexity index is 473. The fraction of sp³-hybridized carbons (Fsp3) is 0.308. The van der Waals surface area contributed by atoms with Crippen molar-refractivity contribution in [2.75, 3.05) is 7.11 Å². The highest BCUT2D eigenvalue weighted by atomic mass is 16.5. The molecule has 7 nitrogen and oxygen atoms in total. The summed E-state index contributed by atoms with van der Waals surface area (Å²) in [5.74, 6) is -2.08. The molecule has 2 N–H and O–H groups in total. The highest BCUT2D eigenvalue weighted by molar-refractivity contribution is 5.85. The van der Waals surface area contributed by atoms with Crippen LogP contribution in [0.4, 0.5) is 4.79 Å². The van der Waals surface area contributed by atoms with E-state index < -0.39 is 30.5 Å². The number of ether oxygens (including phenoxy) is 2. The second kappa shape index (κ2) is 7.78. The molecule has 1 aromatic rings. The lowest BCUT2D eigenvalue weighted by atomic mass is 10.2. The molecular formula is C13H15NO6. The van der Waals surface area contributed by atoms with E-state index in [0.717, 1.165) is 12.7 Å². The van der Waals surface area contributed by atoms with Crippen LogP contribution in [-0.2, 0) is 25.7 Å². The van der Waals surface area contributed by atoms with Crippen molar-refractivity contribution in [1.82, 2.24) is 5.32 Å². The number of hydrogen-bond donors (Lipinski definition) is 2. The number of carbonyl (C=O) groups is 3. The van der Waals surface area contributed by atoms with E-state index in [-0.39, 0.29) is 6.61 Å². The molecule has 0 saturated carbocycles. The number of nitrogens with one attached hydrogen (secondary N) is 1. The van der Waals surface area contributed by atoms with Crippen LogP contribution in [0.5, 0.6) is 0 Å². The minimum Gasteiger partial charge on any atom is -0.480 e. The number of carboxylic acids is 1. The molecule has 0 aromatic heterocycles. The first-order valence-corrected chi connectivity index (χ1v) is 5.79. The van der Waals surface area contributed by atoms with Gasteiger partial charge in [-0.2, -0.15) is 0 Å². The predicted molar refractivity (Wildman–Crippen MR) is 67.8 cm³/mol. The maximum absolute atomic E-state index is 11.5. The van der Waals surface area contributed by atoms with E-state index in [2.05, 4.69) is 10.1 Å². The van der Waals surface area contributed by atoms with E-state index in [1.807, 2.05) is 6.07 Å². The number of esters is 1. The lowest BCUT2D eigenvalue weighted by Gasteiger charge is -2.13. The number of benzene rings is 1. The van der Waals surface area contributed by atoms with Gasteiger partial charge in [0.2, 0.25) is 0 Å². The maximum atomic E-state index is 11.5. The minimum absolute atomic E-state index is 0.0111. The fourth-order valence-electron chi connectivity index (χ4n) is 1.36. The monoisotopic (exact) mass is 281 g/mol. The second-order valence-electron chi connectivity index (χ2n) is 3.88. The third kappa shape index (κ3) is 5.38. The van der Waals surface area contributed by atoms with Crippen LogP contribution < -0.4 is 5.32 Å². The Hall–Kier alpha value is -2.57. The number of methoxy groups -OCH3 is 1. The Morgan fingerprint density at radius 2 is 1.90 bits per heavy atom. The molecular weight excluding hydrogens is 266 g/mol. The number of carboxylic acid groups (broad SMARTS) is 1. The van der Waals surface area contributed by atoms with Crippen LogP contribution in [0.15, 0.2) is 30.3 Å². The van der Waals surface area contributed by atoms with Crippen molar-refractivity contribution in [3.63, 3.8) is 0 Å². The van der Waals surface area contributed by atoms with Crippen molar-refractivity contribution in [3.05, 3.63) is 35.9 Å². The van der Waals surface area contributed by atoms with Crippen LogP contribution in [0.25, 0.3) is 0 Å². The molecule has 108 valence electrons. The second-order valence-corrected chi connectivity index (χ2v) is 3.88. The van der Waals surface area contributed by atoms with Crippen LogP contribution in [-0.4, -0.2) is 36.3 Å². The lowest BCUT2D eigenvalue weighted by Crippen LogP contribution is -2.42. The van der Waals surface area contributed by atoms with Gasteiger partial charge >= 0.3 is 18.0 Å². The third-order valence-electron chi connectivity index (χ3n) is 2.40. The van der Waals surface area contributed by atoms with Gasteiger partial charge in [0.25, 0.3) is 0 Å². The van der Waals surface area contributed by atoms with E-state index in [1.165, 1.54) is 0 Å². The quantitative estimate of drug-likeness (QED) is 0.752. The molecule has 1 aromatic carbocycles. The van der Waals surface area contributed by atoms with Gasteiger partial charge < -0.3 is 19.9 Å². The van der Waals surface area contributed by atoms with Crippen LogP contribution >= 0.6 is 0 Å². The van der Waals surface area contributed by atoms with Gasteiger partial charge in [0.1, 0.15) is 12.6 Å². The molecule has 0 radical (unpaired) electrons. The molecule has 0 bridgehead atoms. The van der Waals surface area contributed by atoms with Crippen LogP contribution in [0, 0.1) is 0 Å². The molecule has 0 aliphatic heterocycles. The van der Waals surface area contributed by atoms with E-state index in [9.17, 15) is 14.4 Å². The highest BCUT2D eigenvalue weighted by Gasteiger charge is 2.24. The van der Waals surface area contributed by atoms with Gasteiger partial charge in [0.15, 0.2) is 0 Å². The summed E-state index contributed by atoms with van der Waals surface area (Å²) in [5, 5.41) is 11.0. The zero-order valence-electron chi connectivity index (χ0n) is 10.9. The van der Waals surface area contributed by atoms with Crippen molar-refractivity contribution >= 4 is 18.0 Å². The standard InChI is InChI=1S/C13H15NO6/c1-19-11(15)7-10(12(16)17)14-13(18)20-8-9-5-3-2-4-6-9/h2-6,10H,7-8H2,1H3,(H,14,18)(H,16,17)/t10-/m0/s1. The van der Waals surface area contributed by atoms with Crippen LogP contribution in [0.2, 0.25) is 0 Å². The third-order valence-corrected chi connectivity index (χ3v) is 2.40. The molecule has 1 rings (SSSR count). The predicted octanol–water partition coefficient (Wildman–Crippen LogP) is 0.929. The number of alkyl carbamates (subject to hydrolysis) is 1. The lowest BCUT2D eigenvalue weighted by molar-refractivity contribution is -0.147. The molecule has 0 fully saturated rings. The zero-order chi connectivity index (χ0) is 15.0. The Balaban J connectivity index is 2.46. The summed E-state index contributed by atoms with van der Waals surface area (Å²) >= 11 is 0. The van der Waals surface area contributed by atoms with Gasteiger partial charge in [-0.3, -0.25) is 4.79 Å². The molecule has 0 unspecified atom stereocenters. The molecule has 1 atom stereocenters. The largest absolute Gasteiger partial charge is 0.480 e. The highest BCUT2D eigenvalue weighted by Crippen LogP contribution is 2.02. The van der Waals surface area contributed by atoms with Crippen molar-refractivity contribution in [2.45, 2.75) is 19.1 Å². The average Bonchev–Trinajstić information content (AvgIpc) is 2.45. The summed E-state index contributed by atoms with van der Waals surface area (Å²) in [5.41, 5.74) is 0.766. The summed E-state index contributed by atoms with van der Waals surface area (Å²) in [6, 6.07) is 7.53. The number of carbonyl (C=O) groups excluding carboxylic acids is 2. The Morgan fingerprint density at radius 1 is 1.25 bits per heavy atom. The fourth-order valence-corrected chi connectivity index (χ4v) is 1.36. The molecule has 7 heteroatoms. The van der Waals surface area contributed by atoms with Gasteiger partial charge in [-0.25, -0.2) is 9.59 Å². The van der Waals surface area contributed by atoms with E-state index >= 15 is 0 Å². The molecule has 0 spiro atoms. The SMILES string of the molecule is COC(=O)C[C@H](NC(=O)OCc1ccccc1)C(=O)O. The van der Waals surface area contributed by atoms with Crippen molar-refractivity contribution in [1.29, 1.82) is 0 Å². The Morgan fingerprint density at radius 3 is 2.45 bits per heavy atom. The maximum Gasteiger partial charge on any atom is 0.408 e. The van der Waals surface area contributed by atoms with E-state index in [4.69, 9.17) is 9.84 Å². The number of amides is 1. The summed E-state index contributed by atoms with van der Waals surface area (Å²) < 4.78 is 9.21. The van der Waals surface area contributed by atoms with Gasteiger partial charge in [-0.15, -0.1) is 0 Å². The van der Waals surface area contributed by atoms with E-state index in [0.29, 0.717) is 0 Å². The Kier molecular flexibility index (Phi) is 6.02. The molecule has 0 aliphatic carbocycles. The van der Waals surface area contributed by atoms with Crippen molar-refractivity contribution in [2.24, 2.45) is 0 Å². The molecule has 20 heavy (non-hydrogen) atoms. The van der Waals surface area contributed by atoms with Crippen LogP contribution in [0.3, 0.4) is 0 Å². The minimum atomic E-state index is -1.38. The first-order chi connectivity index (χ1) is 9.52. The first-order valence-electron chi connectivity index (χ1n) is 5.79. The van der Waals surface area contributed by atoms with Gasteiger partial charge in [0, 0.05) is 0 Å². The topological polar surface area (TPSA) is 102 Å². The van der Waals surface area contributed by atoms with Crippen LogP contribution in [0.1, 0.15) is 12.0 Å². The van der Waals surface area contributed by atoms with Crippen molar-refractivity contribution < 1.29 is 29.0 Å². The smallest absolute Gasteiger partial charge is 0.408 e. The molecule has 0 saturated heterocycles. The summed E-state index contributed by atoms with van der Waals surface area (Å²) in [6.45, 7) is 0.0111. The number of rotatable bonds is 6. The summed E-state index contributed by atoms with van der Waals surface area (Å²) in [7, 11) is 1.13. The van der Waals surface area contributed by atoms with Crippen molar-refractivity contribution in [3.8, 4) is 0 Å². The molecule has 1 amide bonds. The summed E-state index contributed by atoms with van der Waals surface area (Å²) in [4.78, 5) is 33.3. The molecule has 0 aliphatic rings. The number of hydrogen-bond acceptors (Lipinski definition) is 5. The zero-order valence-corrected chi connectivity index (χ0v) is 10.9.